The third-order valence-electron chi connectivity index (χ3n) is 4.17. The Morgan fingerprint density at radius 2 is 1.63 bits per heavy atom. The smallest absolute Gasteiger partial charge is 0.416 e. The fourth-order valence-electron chi connectivity index (χ4n) is 2.70. The van der Waals surface area contributed by atoms with Crippen LogP contribution in [0.5, 0.6) is 0 Å². The van der Waals surface area contributed by atoms with Crippen molar-refractivity contribution in [1.29, 1.82) is 0 Å². The summed E-state index contributed by atoms with van der Waals surface area (Å²) < 4.78 is 37.8. The standard InChI is InChI=1S/C20H20F3NO3/c1-13(11-14-7-9-16(10-8-14)20(21,22)23)19(27)24-17(12-18(25)26)15-5-3-2-4-6-15/h2-10,13,17H,11-12H2,1H3,(H,24,27)(H,25,26). The number of carboxylic acids is 1. The number of amides is 1. The topological polar surface area (TPSA) is 66.4 Å². The highest BCUT2D eigenvalue weighted by atomic mass is 19.4. The van der Waals surface area contributed by atoms with Gasteiger partial charge in [0.1, 0.15) is 0 Å². The third-order valence-corrected chi connectivity index (χ3v) is 4.17. The molecule has 1 amide bonds. The van der Waals surface area contributed by atoms with Crippen LogP contribution in [-0.4, -0.2) is 17.0 Å². The zero-order valence-electron chi connectivity index (χ0n) is 14.7. The van der Waals surface area contributed by atoms with Crippen molar-refractivity contribution in [2.45, 2.75) is 32.0 Å². The second kappa shape index (κ2) is 8.70. The number of hydrogen-bond acceptors (Lipinski definition) is 2. The second-order valence-corrected chi connectivity index (χ2v) is 6.37. The molecule has 0 saturated heterocycles. The number of benzene rings is 2. The Balaban J connectivity index is 2.03. The first-order chi connectivity index (χ1) is 12.7. The minimum Gasteiger partial charge on any atom is -0.481 e. The van der Waals surface area contributed by atoms with Gasteiger partial charge in [-0.3, -0.25) is 9.59 Å². The lowest BCUT2D eigenvalue weighted by Crippen LogP contribution is -2.34. The van der Waals surface area contributed by atoms with Crippen molar-refractivity contribution in [3.8, 4) is 0 Å². The summed E-state index contributed by atoms with van der Waals surface area (Å²) in [5.41, 5.74) is 0.532. The predicted molar refractivity (Wildman–Crippen MR) is 93.9 cm³/mol. The van der Waals surface area contributed by atoms with Gasteiger partial charge < -0.3 is 10.4 Å². The molecule has 2 aromatic carbocycles. The molecule has 7 heteroatoms. The summed E-state index contributed by atoms with van der Waals surface area (Å²) in [6.45, 7) is 1.65. The molecule has 0 bridgehead atoms. The van der Waals surface area contributed by atoms with Crippen molar-refractivity contribution in [3.63, 3.8) is 0 Å². The summed E-state index contributed by atoms with van der Waals surface area (Å²) in [7, 11) is 0. The van der Waals surface area contributed by atoms with Crippen LogP contribution >= 0.6 is 0 Å². The molecule has 2 unspecified atom stereocenters. The van der Waals surface area contributed by atoms with Gasteiger partial charge >= 0.3 is 12.1 Å². The van der Waals surface area contributed by atoms with E-state index in [1.165, 1.54) is 12.1 Å². The molecule has 0 aliphatic heterocycles. The van der Waals surface area contributed by atoms with E-state index in [1.807, 2.05) is 0 Å². The maximum Gasteiger partial charge on any atom is 0.416 e. The van der Waals surface area contributed by atoms with Gasteiger partial charge in [0, 0.05) is 5.92 Å². The second-order valence-electron chi connectivity index (χ2n) is 6.37. The van der Waals surface area contributed by atoms with Crippen LogP contribution in [0.15, 0.2) is 54.6 Å². The Morgan fingerprint density at radius 3 is 2.15 bits per heavy atom. The number of aliphatic carboxylic acids is 1. The maximum absolute atomic E-state index is 12.6. The molecule has 0 aromatic heterocycles. The molecular formula is C20H20F3NO3. The Hall–Kier alpha value is -2.83. The molecule has 4 nitrogen and oxygen atoms in total. The summed E-state index contributed by atoms with van der Waals surface area (Å²) in [5.74, 6) is -1.92. The lowest BCUT2D eigenvalue weighted by Gasteiger charge is -2.20. The molecule has 0 aliphatic carbocycles. The molecule has 0 heterocycles. The molecule has 0 radical (unpaired) electrons. The van der Waals surface area contributed by atoms with Crippen LogP contribution < -0.4 is 5.32 Å². The van der Waals surface area contributed by atoms with Crippen molar-refractivity contribution < 1.29 is 27.9 Å². The van der Waals surface area contributed by atoms with Crippen molar-refractivity contribution in [2.75, 3.05) is 0 Å². The van der Waals surface area contributed by atoms with E-state index >= 15 is 0 Å². The molecule has 2 atom stereocenters. The van der Waals surface area contributed by atoms with Gasteiger partial charge in [-0.15, -0.1) is 0 Å². The molecule has 0 fully saturated rings. The fraction of sp³-hybridized carbons (Fsp3) is 0.300. The molecule has 2 N–H and O–H groups in total. The van der Waals surface area contributed by atoms with Crippen molar-refractivity contribution in [1.82, 2.24) is 5.32 Å². The van der Waals surface area contributed by atoms with E-state index in [-0.39, 0.29) is 18.7 Å². The maximum atomic E-state index is 12.6. The van der Waals surface area contributed by atoms with Crippen LogP contribution in [0.3, 0.4) is 0 Å². The number of carbonyl (C=O) groups excluding carboxylic acids is 1. The molecule has 27 heavy (non-hydrogen) atoms. The lowest BCUT2D eigenvalue weighted by atomic mass is 9.97. The van der Waals surface area contributed by atoms with Gasteiger partial charge in [0.2, 0.25) is 5.91 Å². The van der Waals surface area contributed by atoms with Gasteiger partial charge in [-0.2, -0.15) is 13.2 Å². The number of alkyl halides is 3. The number of carbonyl (C=O) groups is 2. The normalized spacial score (nSPS) is 13.6. The summed E-state index contributed by atoms with van der Waals surface area (Å²) >= 11 is 0. The minimum absolute atomic E-state index is 0.249. The van der Waals surface area contributed by atoms with Gasteiger partial charge in [0.15, 0.2) is 0 Å². The average molecular weight is 379 g/mol. The molecular weight excluding hydrogens is 359 g/mol. The van der Waals surface area contributed by atoms with E-state index < -0.39 is 29.7 Å². The minimum atomic E-state index is -4.40. The molecule has 0 saturated carbocycles. The average Bonchev–Trinajstić information content (AvgIpc) is 2.61. The SMILES string of the molecule is CC(Cc1ccc(C(F)(F)F)cc1)C(=O)NC(CC(=O)O)c1ccccc1. The lowest BCUT2D eigenvalue weighted by molar-refractivity contribution is -0.138. The predicted octanol–water partition coefficient (Wildman–Crippen LogP) is 4.22. The first kappa shape index (κ1) is 20.5. The summed E-state index contributed by atoms with van der Waals surface area (Å²) in [6, 6.07) is 12.7. The Bertz CT molecular complexity index is 773. The quantitative estimate of drug-likeness (QED) is 0.757. The van der Waals surface area contributed by atoms with Gasteiger partial charge in [0.05, 0.1) is 18.0 Å². The van der Waals surface area contributed by atoms with Crippen LogP contribution in [0.1, 0.15) is 36.1 Å². The van der Waals surface area contributed by atoms with Crippen molar-refractivity contribution in [3.05, 3.63) is 71.3 Å². The highest BCUT2D eigenvalue weighted by Gasteiger charge is 2.30. The van der Waals surface area contributed by atoms with E-state index in [4.69, 9.17) is 5.11 Å². The number of hydrogen-bond donors (Lipinski definition) is 2. The number of halogens is 3. The van der Waals surface area contributed by atoms with Gasteiger partial charge in [-0.1, -0.05) is 49.4 Å². The van der Waals surface area contributed by atoms with E-state index in [0.717, 1.165) is 12.1 Å². The summed E-state index contributed by atoms with van der Waals surface area (Å²) in [6.07, 6.45) is -4.41. The Morgan fingerprint density at radius 1 is 1.04 bits per heavy atom. The van der Waals surface area contributed by atoms with Crippen molar-refractivity contribution in [2.24, 2.45) is 5.92 Å². The van der Waals surface area contributed by atoms with Crippen LogP contribution in [0.4, 0.5) is 13.2 Å². The molecule has 2 aromatic rings. The summed E-state index contributed by atoms with van der Waals surface area (Å²) in [5, 5.41) is 11.8. The highest BCUT2D eigenvalue weighted by Crippen LogP contribution is 2.29. The fourth-order valence-corrected chi connectivity index (χ4v) is 2.70. The van der Waals surface area contributed by atoms with E-state index in [1.54, 1.807) is 37.3 Å². The van der Waals surface area contributed by atoms with Crippen LogP contribution in [0, 0.1) is 5.92 Å². The highest BCUT2D eigenvalue weighted by molar-refractivity contribution is 5.80. The zero-order chi connectivity index (χ0) is 20.0. The van der Waals surface area contributed by atoms with Gasteiger partial charge in [-0.05, 0) is 29.7 Å². The number of nitrogens with one attached hydrogen (secondary N) is 1. The van der Waals surface area contributed by atoms with Crippen LogP contribution in [0.25, 0.3) is 0 Å². The van der Waals surface area contributed by atoms with Crippen molar-refractivity contribution >= 4 is 11.9 Å². The molecule has 0 spiro atoms. The van der Waals surface area contributed by atoms with E-state index in [2.05, 4.69) is 5.32 Å². The first-order valence-corrected chi connectivity index (χ1v) is 8.40. The number of rotatable bonds is 7. The Kier molecular flexibility index (Phi) is 6.60. The third kappa shape index (κ3) is 6.13. The zero-order valence-corrected chi connectivity index (χ0v) is 14.7. The Labute approximate surface area is 155 Å². The van der Waals surface area contributed by atoms with Crippen LogP contribution in [0.2, 0.25) is 0 Å². The summed E-state index contributed by atoms with van der Waals surface area (Å²) in [4.78, 5) is 23.5. The molecule has 2 rings (SSSR count). The monoisotopic (exact) mass is 379 g/mol. The molecule has 0 aliphatic rings. The molecule has 144 valence electrons. The van der Waals surface area contributed by atoms with Crippen LogP contribution in [-0.2, 0) is 22.2 Å². The number of carboxylic acid groups (broad SMARTS) is 1. The largest absolute Gasteiger partial charge is 0.481 e. The van der Waals surface area contributed by atoms with E-state index in [9.17, 15) is 22.8 Å². The van der Waals surface area contributed by atoms with Gasteiger partial charge in [0.25, 0.3) is 0 Å². The van der Waals surface area contributed by atoms with E-state index in [0.29, 0.717) is 11.1 Å². The first-order valence-electron chi connectivity index (χ1n) is 8.40. The van der Waals surface area contributed by atoms with Gasteiger partial charge in [-0.25, -0.2) is 0 Å².